The molecule has 2 aromatic rings. The fourth-order valence-corrected chi connectivity index (χ4v) is 2.58. The Morgan fingerprint density at radius 2 is 2.00 bits per heavy atom. The van der Waals surface area contributed by atoms with Gasteiger partial charge in [-0.25, -0.2) is 0 Å². The molecule has 2 heterocycles. The van der Waals surface area contributed by atoms with Crippen LogP contribution in [0.1, 0.15) is 42.1 Å². The summed E-state index contributed by atoms with van der Waals surface area (Å²) in [5.74, 6) is 0.878. The SMILES string of the molecule is CCCCc1ccc(OCC2=Nc3cnccc3C(=O)C2)cc1. The van der Waals surface area contributed by atoms with Gasteiger partial charge in [-0.3, -0.25) is 14.8 Å². The molecule has 0 atom stereocenters. The van der Waals surface area contributed by atoms with Crippen LogP contribution in [0.3, 0.4) is 0 Å². The van der Waals surface area contributed by atoms with E-state index in [0.29, 0.717) is 24.3 Å². The molecule has 0 N–H and O–H groups in total. The summed E-state index contributed by atoms with van der Waals surface area (Å²) in [7, 11) is 0. The molecule has 3 rings (SSSR count). The number of aromatic nitrogens is 1. The number of ether oxygens (including phenoxy) is 1. The highest BCUT2D eigenvalue weighted by Gasteiger charge is 2.20. The highest BCUT2D eigenvalue weighted by atomic mass is 16.5. The Morgan fingerprint density at radius 3 is 2.78 bits per heavy atom. The van der Waals surface area contributed by atoms with Gasteiger partial charge in [-0.2, -0.15) is 0 Å². The predicted octanol–water partition coefficient (Wildman–Crippen LogP) is 4.16. The van der Waals surface area contributed by atoms with Gasteiger partial charge in [-0.1, -0.05) is 25.5 Å². The summed E-state index contributed by atoms with van der Waals surface area (Å²) in [5.41, 5.74) is 3.34. The molecule has 0 spiro atoms. The van der Waals surface area contributed by atoms with Gasteiger partial charge in [-0.05, 0) is 36.6 Å². The fraction of sp³-hybridized carbons (Fsp3) is 0.316. The van der Waals surface area contributed by atoms with E-state index in [2.05, 4.69) is 29.0 Å². The first-order valence-corrected chi connectivity index (χ1v) is 8.01. The molecule has 1 aromatic heterocycles. The second kappa shape index (κ2) is 7.18. The molecule has 1 aliphatic rings. The molecule has 0 bridgehead atoms. The minimum Gasteiger partial charge on any atom is -0.488 e. The van der Waals surface area contributed by atoms with Crippen LogP contribution in [-0.2, 0) is 6.42 Å². The number of aryl methyl sites for hydroxylation is 1. The minimum atomic E-state index is 0.0749. The number of rotatable bonds is 6. The quantitative estimate of drug-likeness (QED) is 0.805. The number of nitrogens with zero attached hydrogens (tertiary/aromatic N) is 2. The monoisotopic (exact) mass is 308 g/mol. The van der Waals surface area contributed by atoms with Gasteiger partial charge in [0.25, 0.3) is 0 Å². The first-order valence-electron chi connectivity index (χ1n) is 8.01. The smallest absolute Gasteiger partial charge is 0.170 e. The van der Waals surface area contributed by atoms with E-state index in [1.165, 1.54) is 18.4 Å². The average Bonchev–Trinajstić information content (AvgIpc) is 2.59. The summed E-state index contributed by atoms with van der Waals surface area (Å²) in [6, 6.07) is 9.86. The van der Waals surface area contributed by atoms with E-state index in [4.69, 9.17) is 4.74 Å². The molecule has 0 radical (unpaired) electrons. The van der Waals surface area contributed by atoms with Crippen molar-refractivity contribution in [3.63, 3.8) is 0 Å². The molecule has 0 unspecified atom stereocenters. The van der Waals surface area contributed by atoms with Crippen molar-refractivity contribution in [2.45, 2.75) is 32.6 Å². The van der Waals surface area contributed by atoms with Crippen molar-refractivity contribution >= 4 is 17.2 Å². The number of ketones is 1. The third kappa shape index (κ3) is 3.83. The van der Waals surface area contributed by atoms with E-state index in [0.717, 1.165) is 17.9 Å². The Morgan fingerprint density at radius 1 is 1.17 bits per heavy atom. The Kier molecular flexibility index (Phi) is 4.81. The van der Waals surface area contributed by atoms with Crippen LogP contribution in [-0.4, -0.2) is 23.1 Å². The van der Waals surface area contributed by atoms with Gasteiger partial charge in [0.15, 0.2) is 5.78 Å². The highest BCUT2D eigenvalue weighted by Crippen LogP contribution is 2.24. The molecule has 0 aliphatic carbocycles. The number of carbonyl (C=O) groups is 1. The van der Waals surface area contributed by atoms with Gasteiger partial charge < -0.3 is 4.74 Å². The predicted molar refractivity (Wildman–Crippen MR) is 90.8 cm³/mol. The molecule has 4 nitrogen and oxygen atoms in total. The van der Waals surface area contributed by atoms with Gasteiger partial charge >= 0.3 is 0 Å². The summed E-state index contributed by atoms with van der Waals surface area (Å²) in [5, 5.41) is 0. The summed E-state index contributed by atoms with van der Waals surface area (Å²) in [6.07, 6.45) is 7.05. The van der Waals surface area contributed by atoms with Crippen LogP contribution in [0, 0.1) is 0 Å². The van der Waals surface area contributed by atoms with E-state index in [9.17, 15) is 4.79 Å². The van der Waals surface area contributed by atoms with E-state index in [1.807, 2.05) is 12.1 Å². The molecule has 0 saturated heterocycles. The van der Waals surface area contributed by atoms with Crippen LogP contribution in [0.15, 0.2) is 47.7 Å². The number of pyridine rings is 1. The Balaban J connectivity index is 1.63. The fourth-order valence-electron chi connectivity index (χ4n) is 2.58. The molecular weight excluding hydrogens is 288 g/mol. The van der Waals surface area contributed by atoms with E-state index < -0.39 is 0 Å². The normalized spacial score (nSPS) is 13.4. The summed E-state index contributed by atoms with van der Waals surface area (Å²) < 4.78 is 5.76. The lowest BCUT2D eigenvalue weighted by Crippen LogP contribution is -2.19. The Bertz CT molecular complexity index is 720. The van der Waals surface area contributed by atoms with Crippen molar-refractivity contribution in [2.24, 2.45) is 4.99 Å². The van der Waals surface area contributed by atoms with Crippen LogP contribution >= 0.6 is 0 Å². The van der Waals surface area contributed by atoms with Gasteiger partial charge in [-0.15, -0.1) is 0 Å². The molecule has 118 valence electrons. The van der Waals surface area contributed by atoms with Crippen LogP contribution in [0.4, 0.5) is 5.69 Å². The van der Waals surface area contributed by atoms with Gasteiger partial charge in [0.2, 0.25) is 0 Å². The first kappa shape index (κ1) is 15.4. The Hall–Kier alpha value is -2.49. The largest absolute Gasteiger partial charge is 0.488 e. The van der Waals surface area contributed by atoms with Crippen molar-refractivity contribution in [1.29, 1.82) is 0 Å². The van der Waals surface area contributed by atoms with Crippen LogP contribution in [0.2, 0.25) is 0 Å². The zero-order chi connectivity index (χ0) is 16.1. The van der Waals surface area contributed by atoms with Gasteiger partial charge in [0.05, 0.1) is 24.0 Å². The molecular formula is C19H20N2O2. The molecule has 1 aromatic carbocycles. The second-order valence-corrected chi connectivity index (χ2v) is 5.71. The highest BCUT2D eigenvalue weighted by molar-refractivity contribution is 6.16. The van der Waals surface area contributed by atoms with Crippen molar-refractivity contribution in [3.05, 3.63) is 53.9 Å². The summed E-state index contributed by atoms with van der Waals surface area (Å²) >= 11 is 0. The minimum absolute atomic E-state index is 0.0749. The molecule has 4 heteroatoms. The summed E-state index contributed by atoms with van der Waals surface area (Å²) in [4.78, 5) is 20.6. The number of Topliss-reactive ketones (excluding diaryl/α,β-unsaturated/α-hetero) is 1. The van der Waals surface area contributed by atoms with Crippen LogP contribution in [0.5, 0.6) is 5.75 Å². The Labute approximate surface area is 136 Å². The molecule has 1 aliphatic heterocycles. The number of aliphatic imine (C=N–C) groups is 1. The maximum absolute atomic E-state index is 12.1. The number of hydrogen-bond acceptors (Lipinski definition) is 4. The van der Waals surface area contributed by atoms with E-state index >= 15 is 0 Å². The molecule has 23 heavy (non-hydrogen) atoms. The van der Waals surface area contributed by atoms with Crippen LogP contribution in [0.25, 0.3) is 0 Å². The van der Waals surface area contributed by atoms with E-state index in [1.54, 1.807) is 18.5 Å². The third-order valence-corrected chi connectivity index (χ3v) is 3.89. The topological polar surface area (TPSA) is 51.6 Å². The first-order chi connectivity index (χ1) is 11.3. The zero-order valence-electron chi connectivity index (χ0n) is 13.3. The maximum Gasteiger partial charge on any atom is 0.170 e. The van der Waals surface area contributed by atoms with E-state index in [-0.39, 0.29) is 5.78 Å². The van der Waals surface area contributed by atoms with Crippen molar-refractivity contribution in [1.82, 2.24) is 4.98 Å². The van der Waals surface area contributed by atoms with Crippen LogP contribution < -0.4 is 4.74 Å². The molecule has 0 amide bonds. The van der Waals surface area contributed by atoms with Gasteiger partial charge in [0.1, 0.15) is 12.4 Å². The number of unbranched alkanes of at least 4 members (excludes halogenated alkanes) is 1. The van der Waals surface area contributed by atoms with Gasteiger partial charge in [0, 0.05) is 11.8 Å². The third-order valence-electron chi connectivity index (χ3n) is 3.89. The number of benzene rings is 1. The molecule has 0 fully saturated rings. The number of carbonyl (C=O) groups excluding carboxylic acids is 1. The molecule has 0 saturated carbocycles. The van der Waals surface area contributed by atoms with Crippen molar-refractivity contribution < 1.29 is 9.53 Å². The number of hydrogen-bond donors (Lipinski definition) is 0. The summed E-state index contributed by atoms with van der Waals surface area (Å²) in [6.45, 7) is 2.52. The lowest BCUT2D eigenvalue weighted by molar-refractivity contribution is 0.0998. The average molecular weight is 308 g/mol. The lowest BCUT2D eigenvalue weighted by atomic mass is 10.0. The maximum atomic E-state index is 12.1. The number of fused-ring (bicyclic) bond motifs is 1. The standard InChI is InChI=1S/C19H20N2O2/c1-2-3-4-14-5-7-16(8-6-14)23-13-15-11-19(22)17-9-10-20-12-18(17)21-15/h5-10,12H,2-4,11,13H2,1H3. The second-order valence-electron chi connectivity index (χ2n) is 5.71. The zero-order valence-corrected chi connectivity index (χ0v) is 13.3. The van der Waals surface area contributed by atoms with Crippen molar-refractivity contribution in [2.75, 3.05) is 6.61 Å². The van der Waals surface area contributed by atoms with Crippen molar-refractivity contribution in [3.8, 4) is 5.75 Å². The lowest BCUT2D eigenvalue weighted by Gasteiger charge is -2.14.